The largest absolute Gasteiger partial charge is 0.461 e. The Morgan fingerprint density at radius 3 is 2.29 bits per heavy atom. The Morgan fingerprint density at radius 1 is 1.00 bits per heavy atom. The summed E-state index contributed by atoms with van der Waals surface area (Å²) in [6.45, 7) is 7.40. The molecule has 0 bridgehead atoms. The number of nitrogens with zero attached hydrogens (tertiary/aromatic N) is 1. The summed E-state index contributed by atoms with van der Waals surface area (Å²) < 4.78 is 11.4. The van der Waals surface area contributed by atoms with E-state index < -0.39 is 11.7 Å². The maximum Gasteiger partial charge on any atom is 0.434 e. The second-order valence-corrected chi connectivity index (χ2v) is 10.8. The van der Waals surface area contributed by atoms with Crippen LogP contribution in [0.2, 0.25) is 0 Å². The van der Waals surface area contributed by atoms with Gasteiger partial charge in [0.1, 0.15) is 16.9 Å². The van der Waals surface area contributed by atoms with Crippen LogP contribution in [0.4, 0.5) is 4.79 Å². The van der Waals surface area contributed by atoms with Crippen LogP contribution in [0.5, 0.6) is 0 Å². The first-order valence-electron chi connectivity index (χ1n) is 12.6. The van der Waals surface area contributed by atoms with E-state index in [9.17, 15) is 4.79 Å². The standard InChI is InChI=1S/C28H41BrN2O3/c1-21(30)22-16-17-26-23(19-22)20-25(33-26)15-11-10-14-24(31-27(32)34-28(2,3)4)13-9-7-5-6-8-12-18-29/h16-17,19-20,30H,5-15,18H2,1-4H3. The minimum absolute atomic E-state index is 0.477. The number of benzene rings is 1. The van der Waals surface area contributed by atoms with Gasteiger partial charge >= 0.3 is 6.09 Å². The van der Waals surface area contributed by atoms with E-state index >= 15 is 0 Å². The van der Waals surface area contributed by atoms with Crippen LogP contribution in [-0.2, 0) is 11.2 Å². The molecule has 2 rings (SSSR count). The molecule has 1 aromatic carbocycles. The van der Waals surface area contributed by atoms with E-state index in [0.717, 1.165) is 71.9 Å². The van der Waals surface area contributed by atoms with Gasteiger partial charge in [-0.1, -0.05) is 41.6 Å². The summed E-state index contributed by atoms with van der Waals surface area (Å²) in [7, 11) is 0. The number of nitrogens with one attached hydrogen (secondary N) is 1. The predicted molar refractivity (Wildman–Crippen MR) is 146 cm³/mol. The number of unbranched alkanes of at least 4 members (excludes halogenated alkanes) is 6. The number of aliphatic imine (C=N–C) groups is 1. The third-order valence-electron chi connectivity index (χ3n) is 5.63. The number of alkyl halides is 1. The quantitative estimate of drug-likeness (QED) is 0.150. The number of ether oxygens (including phenoxy) is 1. The van der Waals surface area contributed by atoms with Gasteiger partial charge in [0.25, 0.3) is 0 Å². The maximum absolute atomic E-state index is 12.3. The summed E-state index contributed by atoms with van der Waals surface area (Å²) in [6, 6.07) is 7.96. The van der Waals surface area contributed by atoms with Gasteiger partial charge in [0.15, 0.2) is 0 Å². The van der Waals surface area contributed by atoms with E-state index in [1.807, 2.05) is 39.0 Å². The zero-order valence-corrected chi connectivity index (χ0v) is 22.9. The van der Waals surface area contributed by atoms with Crippen LogP contribution >= 0.6 is 15.9 Å². The number of hydrogen-bond acceptors (Lipinski definition) is 4. The summed E-state index contributed by atoms with van der Waals surface area (Å²) in [5, 5.41) is 9.94. The molecule has 0 unspecified atom stereocenters. The fraction of sp³-hybridized carbons (Fsp3) is 0.607. The van der Waals surface area contributed by atoms with Crippen molar-refractivity contribution in [3.05, 3.63) is 35.6 Å². The SMILES string of the molecule is CC(=N)c1ccc2oc(CCCCC(CCCCCCCCBr)=NC(=O)OC(C)(C)C)cc2c1. The Kier molecular flexibility index (Phi) is 12.0. The number of carbonyl (C=O) groups excluding carboxylic acids is 1. The molecule has 0 atom stereocenters. The number of aryl methyl sites for hydroxylation is 1. The van der Waals surface area contributed by atoms with Crippen molar-refractivity contribution in [1.82, 2.24) is 0 Å². The molecule has 1 N–H and O–H groups in total. The number of halogens is 1. The molecule has 0 radical (unpaired) electrons. The van der Waals surface area contributed by atoms with E-state index in [0.29, 0.717) is 5.71 Å². The smallest absolute Gasteiger partial charge is 0.434 e. The molecule has 1 heterocycles. The van der Waals surface area contributed by atoms with E-state index in [4.69, 9.17) is 14.6 Å². The van der Waals surface area contributed by atoms with Gasteiger partial charge in [-0.25, -0.2) is 4.79 Å². The number of fused-ring (bicyclic) bond motifs is 1. The highest BCUT2D eigenvalue weighted by Gasteiger charge is 2.16. The van der Waals surface area contributed by atoms with Gasteiger partial charge < -0.3 is 14.6 Å². The molecule has 0 aliphatic carbocycles. The fourth-order valence-corrected chi connectivity index (χ4v) is 4.26. The van der Waals surface area contributed by atoms with Crippen molar-refractivity contribution in [2.45, 2.75) is 104 Å². The first-order valence-corrected chi connectivity index (χ1v) is 13.7. The van der Waals surface area contributed by atoms with Gasteiger partial charge in [-0.2, -0.15) is 4.99 Å². The molecule has 1 amide bonds. The van der Waals surface area contributed by atoms with Gasteiger partial charge in [0.05, 0.1) is 0 Å². The molecule has 1 aromatic heterocycles. The van der Waals surface area contributed by atoms with Crippen molar-refractivity contribution in [2.24, 2.45) is 4.99 Å². The van der Waals surface area contributed by atoms with Gasteiger partial charge in [0, 0.05) is 28.6 Å². The van der Waals surface area contributed by atoms with E-state index in [-0.39, 0.29) is 0 Å². The monoisotopic (exact) mass is 532 g/mol. The summed E-state index contributed by atoms with van der Waals surface area (Å²) in [4.78, 5) is 16.6. The lowest BCUT2D eigenvalue weighted by atomic mass is 10.0. The third-order valence-corrected chi connectivity index (χ3v) is 6.19. The average Bonchev–Trinajstić information content (AvgIpc) is 3.16. The van der Waals surface area contributed by atoms with Crippen molar-refractivity contribution in [3.8, 4) is 0 Å². The average molecular weight is 534 g/mol. The maximum atomic E-state index is 12.3. The molecule has 0 spiro atoms. The second-order valence-electron chi connectivity index (χ2n) is 10.0. The number of hydrogen-bond donors (Lipinski definition) is 1. The molecule has 188 valence electrons. The molecule has 34 heavy (non-hydrogen) atoms. The highest BCUT2D eigenvalue weighted by Crippen LogP contribution is 2.23. The van der Waals surface area contributed by atoms with E-state index in [2.05, 4.69) is 27.0 Å². The topological polar surface area (TPSA) is 75.7 Å². The predicted octanol–water partition coefficient (Wildman–Crippen LogP) is 9.04. The first-order chi connectivity index (χ1) is 16.2. The van der Waals surface area contributed by atoms with E-state index in [1.54, 1.807) is 6.92 Å². The first kappa shape index (κ1) is 28.3. The van der Waals surface area contributed by atoms with Crippen molar-refractivity contribution in [3.63, 3.8) is 0 Å². The van der Waals surface area contributed by atoms with Crippen LogP contribution in [0.1, 0.15) is 103 Å². The second kappa shape index (κ2) is 14.4. The number of furan rings is 1. The molecule has 2 aromatic rings. The highest BCUT2D eigenvalue weighted by molar-refractivity contribution is 9.09. The van der Waals surface area contributed by atoms with Crippen LogP contribution < -0.4 is 0 Å². The molecule has 6 heteroatoms. The van der Waals surface area contributed by atoms with Crippen molar-refractivity contribution in [2.75, 3.05) is 5.33 Å². The normalized spacial score (nSPS) is 12.3. The summed E-state index contributed by atoms with van der Waals surface area (Å²) >= 11 is 3.48. The van der Waals surface area contributed by atoms with Gasteiger partial charge in [0.2, 0.25) is 0 Å². The molecular formula is C28H41BrN2O3. The van der Waals surface area contributed by atoms with Crippen LogP contribution in [-0.4, -0.2) is 28.4 Å². The Labute approximate surface area is 213 Å². The van der Waals surface area contributed by atoms with Gasteiger partial charge in [-0.05, 0) is 96.0 Å². The third kappa shape index (κ3) is 11.0. The number of amides is 1. The van der Waals surface area contributed by atoms with Crippen molar-refractivity contribution < 1.29 is 13.9 Å². The fourth-order valence-electron chi connectivity index (χ4n) is 3.86. The van der Waals surface area contributed by atoms with Crippen LogP contribution in [0.25, 0.3) is 11.0 Å². The van der Waals surface area contributed by atoms with Gasteiger partial charge in [-0.15, -0.1) is 0 Å². The summed E-state index contributed by atoms with van der Waals surface area (Å²) in [6.07, 6.45) is 11.2. The lowest BCUT2D eigenvalue weighted by molar-refractivity contribution is 0.0603. The minimum atomic E-state index is -0.529. The Balaban J connectivity index is 1.85. The lowest BCUT2D eigenvalue weighted by Gasteiger charge is -2.18. The van der Waals surface area contributed by atoms with Crippen molar-refractivity contribution in [1.29, 1.82) is 5.41 Å². The zero-order valence-electron chi connectivity index (χ0n) is 21.3. The Bertz CT molecular complexity index is 956. The lowest BCUT2D eigenvalue weighted by Crippen LogP contribution is -2.22. The van der Waals surface area contributed by atoms with Crippen LogP contribution in [0.3, 0.4) is 0 Å². The molecule has 0 saturated heterocycles. The molecule has 0 fully saturated rings. The van der Waals surface area contributed by atoms with Crippen LogP contribution in [0.15, 0.2) is 33.7 Å². The Morgan fingerprint density at radius 2 is 1.65 bits per heavy atom. The molecule has 0 aliphatic rings. The summed E-state index contributed by atoms with van der Waals surface area (Å²) in [5.74, 6) is 0.962. The highest BCUT2D eigenvalue weighted by atomic mass is 79.9. The summed E-state index contributed by atoms with van der Waals surface area (Å²) in [5.41, 5.74) is 2.76. The van der Waals surface area contributed by atoms with Crippen LogP contribution in [0, 0.1) is 5.41 Å². The molecule has 0 saturated carbocycles. The van der Waals surface area contributed by atoms with Crippen molar-refractivity contribution >= 4 is 44.4 Å². The van der Waals surface area contributed by atoms with Gasteiger partial charge in [-0.3, -0.25) is 0 Å². The Hall–Kier alpha value is -1.95. The molecule has 5 nitrogen and oxygen atoms in total. The zero-order chi connectivity index (χ0) is 25.0. The number of carbonyl (C=O) groups is 1. The van der Waals surface area contributed by atoms with E-state index in [1.165, 1.54) is 32.1 Å². The molecule has 0 aliphatic heterocycles. The molecular weight excluding hydrogens is 492 g/mol. The number of rotatable bonds is 14. The minimum Gasteiger partial charge on any atom is -0.461 e.